The summed E-state index contributed by atoms with van der Waals surface area (Å²) in [5.41, 5.74) is 2.40. The molecule has 0 unspecified atom stereocenters. The molecule has 7 heteroatoms. The molecule has 1 saturated heterocycles. The third-order valence-electron chi connectivity index (χ3n) is 4.75. The number of pyridine rings is 1. The Hall–Kier alpha value is -2.38. The zero-order valence-electron chi connectivity index (χ0n) is 14.7. The molecule has 0 saturated carbocycles. The molecular formula is C18H21BN2O4. The second-order valence-electron chi connectivity index (χ2n) is 7.10. The number of anilines is 1. The van der Waals surface area contributed by atoms with Gasteiger partial charge in [0, 0.05) is 23.5 Å². The van der Waals surface area contributed by atoms with E-state index < -0.39 is 24.4 Å². The van der Waals surface area contributed by atoms with Gasteiger partial charge in [-0.1, -0.05) is 18.2 Å². The molecule has 1 aliphatic rings. The fraction of sp³-hybridized carbons (Fsp3) is 0.333. The number of carboxylic acid groups (broad SMARTS) is 1. The van der Waals surface area contributed by atoms with Crippen LogP contribution in [-0.2, 0) is 9.31 Å². The van der Waals surface area contributed by atoms with Gasteiger partial charge in [0.15, 0.2) is 0 Å². The molecule has 1 amide bonds. The van der Waals surface area contributed by atoms with Gasteiger partial charge in [0.25, 0.3) is 0 Å². The summed E-state index contributed by atoms with van der Waals surface area (Å²) in [4.78, 5) is 15.0. The molecule has 0 bridgehead atoms. The zero-order chi connectivity index (χ0) is 18.2. The molecule has 1 aliphatic heterocycles. The van der Waals surface area contributed by atoms with Crippen LogP contribution < -0.4 is 10.8 Å². The van der Waals surface area contributed by atoms with E-state index >= 15 is 0 Å². The predicted octanol–water partition coefficient (Wildman–Crippen LogP) is 3.14. The van der Waals surface area contributed by atoms with Crippen molar-refractivity contribution in [1.82, 2.24) is 4.98 Å². The lowest BCUT2D eigenvalue weighted by atomic mass is 9.79. The minimum atomic E-state index is -1.09. The van der Waals surface area contributed by atoms with Crippen LogP contribution in [0.3, 0.4) is 0 Å². The van der Waals surface area contributed by atoms with Crippen molar-refractivity contribution < 1.29 is 19.2 Å². The third kappa shape index (κ3) is 3.52. The quantitative estimate of drug-likeness (QED) is 0.839. The summed E-state index contributed by atoms with van der Waals surface area (Å²) in [7, 11) is -0.467. The van der Waals surface area contributed by atoms with E-state index in [-0.39, 0.29) is 0 Å². The van der Waals surface area contributed by atoms with Crippen molar-refractivity contribution in [2.75, 3.05) is 5.32 Å². The topological polar surface area (TPSA) is 80.7 Å². The molecule has 25 heavy (non-hydrogen) atoms. The Morgan fingerprint density at radius 3 is 2.20 bits per heavy atom. The second kappa shape index (κ2) is 6.17. The van der Waals surface area contributed by atoms with Crippen LogP contribution in [-0.4, -0.2) is 34.5 Å². The number of nitrogens with zero attached hydrogens (tertiary/aromatic N) is 1. The van der Waals surface area contributed by atoms with Gasteiger partial charge in [-0.15, -0.1) is 0 Å². The maximum Gasteiger partial charge on any atom is 0.496 e. The fourth-order valence-electron chi connectivity index (χ4n) is 2.59. The summed E-state index contributed by atoms with van der Waals surface area (Å²) >= 11 is 0. The second-order valence-corrected chi connectivity index (χ2v) is 7.10. The van der Waals surface area contributed by atoms with Gasteiger partial charge in [-0.2, -0.15) is 0 Å². The van der Waals surface area contributed by atoms with Crippen LogP contribution in [0.15, 0.2) is 42.7 Å². The molecule has 0 spiro atoms. The fourth-order valence-corrected chi connectivity index (χ4v) is 2.59. The highest BCUT2D eigenvalue weighted by molar-refractivity contribution is 6.62. The van der Waals surface area contributed by atoms with Crippen LogP contribution in [0.1, 0.15) is 27.7 Å². The van der Waals surface area contributed by atoms with Crippen molar-refractivity contribution in [2.45, 2.75) is 38.9 Å². The average Bonchev–Trinajstić information content (AvgIpc) is 2.76. The van der Waals surface area contributed by atoms with Crippen LogP contribution >= 0.6 is 0 Å². The molecule has 3 rings (SSSR count). The number of rotatable bonds is 3. The van der Waals surface area contributed by atoms with Crippen LogP contribution in [0.2, 0.25) is 0 Å². The maximum atomic E-state index is 10.7. The Kier molecular flexibility index (Phi) is 4.30. The SMILES string of the molecule is CC1(C)OB(c2cncc(-c3ccc(NC(=O)O)cc3)c2)OC1(C)C. The number of carbonyl (C=O) groups is 1. The van der Waals surface area contributed by atoms with Gasteiger partial charge in [0.05, 0.1) is 11.2 Å². The van der Waals surface area contributed by atoms with Crippen LogP contribution in [0.4, 0.5) is 10.5 Å². The Labute approximate surface area is 147 Å². The standard InChI is InChI=1S/C18H21BN2O4/c1-17(2)18(3,4)25-19(24-17)14-9-13(10-20-11-14)12-5-7-15(8-6-12)21-16(22)23/h5-11,21H,1-4H3,(H,22,23). The molecule has 1 fully saturated rings. The molecule has 0 atom stereocenters. The van der Waals surface area contributed by atoms with Gasteiger partial charge >= 0.3 is 13.2 Å². The molecule has 1 aromatic carbocycles. The number of benzene rings is 1. The molecule has 1 aromatic heterocycles. The van der Waals surface area contributed by atoms with Crippen molar-refractivity contribution in [2.24, 2.45) is 0 Å². The first-order valence-electron chi connectivity index (χ1n) is 8.09. The summed E-state index contributed by atoms with van der Waals surface area (Å²) in [5, 5.41) is 11.1. The first-order chi connectivity index (χ1) is 11.7. The summed E-state index contributed by atoms with van der Waals surface area (Å²) in [5.74, 6) is 0. The summed E-state index contributed by atoms with van der Waals surface area (Å²) in [6.07, 6.45) is 2.41. The highest BCUT2D eigenvalue weighted by Crippen LogP contribution is 2.36. The lowest BCUT2D eigenvalue weighted by Gasteiger charge is -2.32. The number of aromatic nitrogens is 1. The number of amides is 1. The van der Waals surface area contributed by atoms with Crippen molar-refractivity contribution in [3.63, 3.8) is 0 Å². The lowest BCUT2D eigenvalue weighted by Crippen LogP contribution is -2.41. The molecular weight excluding hydrogens is 319 g/mol. The highest BCUT2D eigenvalue weighted by Gasteiger charge is 2.51. The van der Waals surface area contributed by atoms with E-state index in [1.54, 1.807) is 24.5 Å². The molecule has 2 N–H and O–H groups in total. The number of nitrogens with one attached hydrogen (secondary N) is 1. The van der Waals surface area contributed by atoms with Gasteiger partial charge in [0.2, 0.25) is 0 Å². The van der Waals surface area contributed by atoms with E-state index in [1.807, 2.05) is 45.9 Å². The van der Waals surface area contributed by atoms with E-state index in [0.717, 1.165) is 16.6 Å². The minimum Gasteiger partial charge on any atom is -0.465 e. The monoisotopic (exact) mass is 340 g/mol. The molecule has 2 aromatic rings. The smallest absolute Gasteiger partial charge is 0.465 e. The zero-order valence-corrected chi connectivity index (χ0v) is 14.7. The van der Waals surface area contributed by atoms with Gasteiger partial charge in [-0.05, 0) is 51.0 Å². The van der Waals surface area contributed by atoms with Gasteiger partial charge in [-0.25, -0.2) is 4.79 Å². The number of hydrogen-bond donors (Lipinski definition) is 2. The van der Waals surface area contributed by atoms with Crippen LogP contribution in [0.5, 0.6) is 0 Å². The first-order valence-corrected chi connectivity index (χ1v) is 8.09. The normalized spacial score (nSPS) is 18.2. The Morgan fingerprint density at radius 1 is 1.04 bits per heavy atom. The van der Waals surface area contributed by atoms with E-state index in [4.69, 9.17) is 14.4 Å². The van der Waals surface area contributed by atoms with Gasteiger partial charge < -0.3 is 14.4 Å². The first kappa shape index (κ1) is 17.4. The van der Waals surface area contributed by atoms with Crippen molar-refractivity contribution >= 4 is 24.4 Å². The van der Waals surface area contributed by atoms with E-state index in [2.05, 4.69) is 10.3 Å². The highest BCUT2D eigenvalue weighted by atomic mass is 16.7. The third-order valence-corrected chi connectivity index (χ3v) is 4.75. The molecule has 6 nitrogen and oxygen atoms in total. The minimum absolute atomic E-state index is 0.405. The molecule has 130 valence electrons. The largest absolute Gasteiger partial charge is 0.496 e. The molecule has 2 heterocycles. The van der Waals surface area contributed by atoms with E-state index in [0.29, 0.717) is 5.69 Å². The summed E-state index contributed by atoms with van der Waals surface area (Å²) in [6.45, 7) is 8.05. The Bertz CT molecular complexity index is 774. The van der Waals surface area contributed by atoms with E-state index in [9.17, 15) is 4.79 Å². The van der Waals surface area contributed by atoms with Crippen molar-refractivity contribution in [3.05, 3.63) is 42.7 Å². The van der Waals surface area contributed by atoms with Gasteiger partial charge in [0.1, 0.15) is 0 Å². The van der Waals surface area contributed by atoms with Crippen molar-refractivity contribution in [3.8, 4) is 11.1 Å². The number of hydrogen-bond acceptors (Lipinski definition) is 4. The average molecular weight is 340 g/mol. The lowest BCUT2D eigenvalue weighted by molar-refractivity contribution is 0.00578. The summed E-state index contributed by atoms with van der Waals surface area (Å²) < 4.78 is 12.1. The van der Waals surface area contributed by atoms with Crippen molar-refractivity contribution in [1.29, 1.82) is 0 Å². The maximum absolute atomic E-state index is 10.7. The van der Waals surface area contributed by atoms with Crippen LogP contribution in [0, 0.1) is 0 Å². The van der Waals surface area contributed by atoms with Crippen LogP contribution in [0.25, 0.3) is 11.1 Å². The van der Waals surface area contributed by atoms with E-state index in [1.165, 1.54) is 0 Å². The predicted molar refractivity (Wildman–Crippen MR) is 97.0 cm³/mol. The molecule has 0 radical (unpaired) electrons. The summed E-state index contributed by atoms with van der Waals surface area (Å²) in [6, 6.07) is 9.09. The Balaban J connectivity index is 1.84. The Morgan fingerprint density at radius 2 is 1.64 bits per heavy atom. The van der Waals surface area contributed by atoms with Gasteiger partial charge in [-0.3, -0.25) is 10.3 Å². The molecule has 0 aliphatic carbocycles.